The summed E-state index contributed by atoms with van der Waals surface area (Å²) in [4.78, 5) is 13.6. The normalized spacial score (nSPS) is 14.5. The van der Waals surface area contributed by atoms with Crippen LogP contribution in [0.25, 0.3) is 0 Å². The Morgan fingerprint density at radius 3 is 2.94 bits per heavy atom. The van der Waals surface area contributed by atoms with Crippen molar-refractivity contribution in [1.82, 2.24) is 4.90 Å². The van der Waals surface area contributed by atoms with Crippen molar-refractivity contribution in [3.05, 3.63) is 29.8 Å². The third-order valence-corrected chi connectivity index (χ3v) is 3.06. The number of amides is 1. The first kappa shape index (κ1) is 12.9. The van der Waals surface area contributed by atoms with Crippen LogP contribution in [-0.2, 0) is 4.74 Å². The fourth-order valence-electron chi connectivity index (χ4n) is 1.70. The molecule has 18 heavy (non-hydrogen) atoms. The topological polar surface area (TPSA) is 49.8 Å². The molecule has 4 heteroatoms. The Balaban J connectivity index is 1.76. The van der Waals surface area contributed by atoms with Crippen molar-refractivity contribution in [1.29, 1.82) is 0 Å². The first-order valence-corrected chi connectivity index (χ1v) is 6.29. The molecule has 0 saturated heterocycles. The molecule has 1 amide bonds. The number of carbonyl (C=O) groups is 1. The zero-order chi connectivity index (χ0) is 13.0. The van der Waals surface area contributed by atoms with Crippen LogP contribution in [0.1, 0.15) is 23.2 Å². The lowest BCUT2D eigenvalue weighted by Gasteiger charge is -2.17. The molecule has 1 N–H and O–H groups in total. The zero-order valence-electron chi connectivity index (χ0n) is 10.6. The molecular weight excluding hydrogens is 230 g/mol. The van der Waals surface area contributed by atoms with Gasteiger partial charge in [-0.15, -0.1) is 0 Å². The Hall–Kier alpha value is -1.55. The number of hydrogen-bond acceptors (Lipinski definition) is 3. The van der Waals surface area contributed by atoms with E-state index >= 15 is 0 Å². The van der Waals surface area contributed by atoms with Crippen molar-refractivity contribution >= 4 is 5.91 Å². The molecule has 0 radical (unpaired) electrons. The van der Waals surface area contributed by atoms with Gasteiger partial charge in [0.05, 0.1) is 6.61 Å². The van der Waals surface area contributed by atoms with Crippen LogP contribution in [0.4, 0.5) is 0 Å². The number of rotatable bonds is 6. The largest absolute Gasteiger partial charge is 0.508 e. The molecule has 0 atom stereocenters. The highest BCUT2D eigenvalue weighted by atomic mass is 16.5. The van der Waals surface area contributed by atoms with Gasteiger partial charge in [-0.25, -0.2) is 0 Å². The third kappa shape index (κ3) is 3.74. The number of benzene rings is 1. The molecule has 4 nitrogen and oxygen atoms in total. The predicted molar refractivity (Wildman–Crippen MR) is 68.6 cm³/mol. The molecule has 1 saturated carbocycles. The first-order valence-electron chi connectivity index (χ1n) is 6.29. The minimum Gasteiger partial charge on any atom is -0.508 e. The number of phenolic OH excluding ortho intramolecular Hbond substituents is 1. The van der Waals surface area contributed by atoms with E-state index in [0.717, 1.165) is 12.5 Å². The van der Waals surface area contributed by atoms with Gasteiger partial charge in [-0.2, -0.15) is 0 Å². The molecule has 0 unspecified atom stereocenters. The van der Waals surface area contributed by atoms with Crippen molar-refractivity contribution in [2.24, 2.45) is 5.92 Å². The van der Waals surface area contributed by atoms with Crippen LogP contribution in [0.5, 0.6) is 5.75 Å². The van der Waals surface area contributed by atoms with Crippen molar-refractivity contribution < 1.29 is 14.6 Å². The van der Waals surface area contributed by atoms with Crippen LogP contribution in [0.2, 0.25) is 0 Å². The Labute approximate surface area is 107 Å². The number of aromatic hydroxyl groups is 1. The van der Waals surface area contributed by atoms with Crippen LogP contribution >= 0.6 is 0 Å². The Kier molecular flexibility index (Phi) is 4.20. The molecule has 0 spiro atoms. The van der Waals surface area contributed by atoms with Crippen molar-refractivity contribution in [2.45, 2.75) is 12.8 Å². The maximum Gasteiger partial charge on any atom is 0.253 e. The van der Waals surface area contributed by atoms with E-state index in [1.54, 1.807) is 30.1 Å². The molecule has 1 aromatic carbocycles. The van der Waals surface area contributed by atoms with Crippen LogP contribution in [0, 0.1) is 5.92 Å². The van der Waals surface area contributed by atoms with Gasteiger partial charge in [-0.3, -0.25) is 4.79 Å². The average molecular weight is 249 g/mol. The van der Waals surface area contributed by atoms with Crippen LogP contribution < -0.4 is 0 Å². The monoisotopic (exact) mass is 249 g/mol. The molecule has 1 aliphatic rings. The summed E-state index contributed by atoms with van der Waals surface area (Å²) in [5, 5.41) is 9.33. The van der Waals surface area contributed by atoms with Crippen LogP contribution in [0.15, 0.2) is 24.3 Å². The maximum absolute atomic E-state index is 12.0. The molecular formula is C14H19NO3. The van der Waals surface area contributed by atoms with Gasteiger partial charge in [-0.05, 0) is 37.0 Å². The van der Waals surface area contributed by atoms with Crippen molar-refractivity contribution in [2.75, 3.05) is 26.8 Å². The van der Waals surface area contributed by atoms with Gasteiger partial charge in [-0.1, -0.05) is 6.07 Å². The molecule has 1 aromatic rings. The highest BCUT2D eigenvalue weighted by Crippen LogP contribution is 2.28. The van der Waals surface area contributed by atoms with Gasteiger partial charge in [0, 0.05) is 25.8 Å². The minimum absolute atomic E-state index is 0.0964. The average Bonchev–Trinajstić information content (AvgIpc) is 3.17. The molecule has 1 aliphatic carbocycles. The van der Waals surface area contributed by atoms with Gasteiger partial charge in [0.2, 0.25) is 0 Å². The van der Waals surface area contributed by atoms with E-state index in [2.05, 4.69) is 0 Å². The molecule has 0 aromatic heterocycles. The summed E-state index contributed by atoms with van der Waals surface area (Å²) in [5.74, 6) is 0.761. The number of ether oxygens (including phenoxy) is 1. The lowest BCUT2D eigenvalue weighted by atomic mass is 10.2. The van der Waals surface area contributed by atoms with Gasteiger partial charge >= 0.3 is 0 Å². The zero-order valence-corrected chi connectivity index (χ0v) is 10.6. The molecule has 98 valence electrons. The van der Waals surface area contributed by atoms with Gasteiger partial charge in [0.15, 0.2) is 0 Å². The quantitative estimate of drug-likeness (QED) is 0.783. The summed E-state index contributed by atoms with van der Waals surface area (Å²) in [7, 11) is 1.74. The summed E-state index contributed by atoms with van der Waals surface area (Å²) in [5.41, 5.74) is 0.500. The van der Waals surface area contributed by atoms with E-state index in [1.807, 2.05) is 0 Å². The van der Waals surface area contributed by atoms with E-state index < -0.39 is 0 Å². The Bertz CT molecular complexity index is 415. The van der Waals surface area contributed by atoms with E-state index in [9.17, 15) is 9.90 Å². The Morgan fingerprint density at radius 2 is 2.28 bits per heavy atom. The SMILES string of the molecule is CN(CCOCC1CC1)C(=O)c1cccc(O)c1. The summed E-state index contributed by atoms with van der Waals surface area (Å²) in [6.07, 6.45) is 2.55. The maximum atomic E-state index is 12.0. The smallest absolute Gasteiger partial charge is 0.253 e. The van der Waals surface area contributed by atoms with Gasteiger partial charge in [0.25, 0.3) is 5.91 Å². The second-order valence-corrected chi connectivity index (χ2v) is 4.80. The number of phenols is 1. The third-order valence-electron chi connectivity index (χ3n) is 3.06. The fourth-order valence-corrected chi connectivity index (χ4v) is 1.70. The number of nitrogens with zero attached hydrogens (tertiary/aromatic N) is 1. The van der Waals surface area contributed by atoms with Crippen LogP contribution in [-0.4, -0.2) is 42.7 Å². The standard InChI is InChI=1S/C14H19NO3/c1-15(7-8-18-10-11-5-6-11)14(17)12-3-2-4-13(16)9-12/h2-4,9,11,16H,5-8,10H2,1H3. The van der Waals surface area contributed by atoms with E-state index in [1.165, 1.54) is 18.9 Å². The fraction of sp³-hybridized carbons (Fsp3) is 0.500. The number of likely N-dealkylation sites (N-methyl/N-ethyl adjacent to an activating group) is 1. The Morgan fingerprint density at radius 1 is 1.50 bits per heavy atom. The molecule has 0 aliphatic heterocycles. The minimum atomic E-state index is -0.0964. The summed E-state index contributed by atoms with van der Waals surface area (Å²) in [6.45, 7) is 1.95. The van der Waals surface area contributed by atoms with E-state index in [0.29, 0.717) is 18.7 Å². The molecule has 1 fully saturated rings. The second kappa shape index (κ2) is 5.87. The summed E-state index contributed by atoms with van der Waals surface area (Å²) >= 11 is 0. The highest BCUT2D eigenvalue weighted by molar-refractivity contribution is 5.94. The first-order chi connectivity index (χ1) is 8.66. The van der Waals surface area contributed by atoms with Crippen molar-refractivity contribution in [3.8, 4) is 5.75 Å². The lowest BCUT2D eigenvalue weighted by molar-refractivity contribution is 0.0681. The molecule has 2 rings (SSSR count). The van der Waals surface area contributed by atoms with Gasteiger partial charge in [0.1, 0.15) is 5.75 Å². The van der Waals surface area contributed by atoms with E-state index in [4.69, 9.17) is 4.74 Å². The number of carbonyl (C=O) groups excluding carboxylic acids is 1. The summed E-state index contributed by atoms with van der Waals surface area (Å²) in [6, 6.07) is 6.39. The predicted octanol–water partition coefficient (Wildman–Crippen LogP) is 1.89. The molecule has 0 bridgehead atoms. The van der Waals surface area contributed by atoms with Crippen LogP contribution in [0.3, 0.4) is 0 Å². The van der Waals surface area contributed by atoms with Crippen molar-refractivity contribution in [3.63, 3.8) is 0 Å². The van der Waals surface area contributed by atoms with Gasteiger partial charge < -0.3 is 14.7 Å². The number of hydrogen-bond donors (Lipinski definition) is 1. The second-order valence-electron chi connectivity index (χ2n) is 4.80. The highest BCUT2D eigenvalue weighted by Gasteiger charge is 2.21. The lowest BCUT2D eigenvalue weighted by Crippen LogP contribution is -2.30. The summed E-state index contributed by atoms with van der Waals surface area (Å²) < 4.78 is 5.49. The van der Waals surface area contributed by atoms with E-state index in [-0.39, 0.29) is 11.7 Å². The molecule has 0 heterocycles.